The first-order valence-corrected chi connectivity index (χ1v) is 3.85. The van der Waals surface area contributed by atoms with E-state index in [-0.39, 0.29) is 0 Å². The van der Waals surface area contributed by atoms with Gasteiger partial charge in [-0.05, 0) is 12.5 Å². The Morgan fingerprint density at radius 2 is 2.55 bits per heavy atom. The molecule has 1 aromatic heterocycles. The van der Waals surface area contributed by atoms with Crippen molar-refractivity contribution in [2.75, 3.05) is 0 Å². The summed E-state index contributed by atoms with van der Waals surface area (Å²) in [5, 5.41) is 9.45. The van der Waals surface area contributed by atoms with Gasteiger partial charge in [-0.3, -0.25) is 4.98 Å². The Kier molecular flexibility index (Phi) is 3.05. The Morgan fingerprint density at radius 1 is 1.73 bits per heavy atom. The van der Waals surface area contributed by atoms with Crippen LogP contribution in [0.15, 0.2) is 18.3 Å². The monoisotopic (exact) mass is 150 g/mol. The fraction of sp³-hybridized carbons (Fsp3) is 0.444. The van der Waals surface area contributed by atoms with E-state index in [1.807, 2.05) is 19.1 Å². The number of hydrogen-bond acceptors (Lipinski definition) is 2. The molecule has 0 aliphatic rings. The molecule has 0 spiro atoms. The van der Waals surface area contributed by atoms with Crippen LogP contribution in [0.5, 0.6) is 0 Å². The van der Waals surface area contributed by atoms with Crippen molar-refractivity contribution in [1.82, 2.24) is 4.98 Å². The number of aliphatic hydroxyl groups excluding tert-OH is 1. The molecule has 1 rings (SSSR count). The van der Waals surface area contributed by atoms with Crippen LogP contribution in [0.1, 0.15) is 31.4 Å². The van der Waals surface area contributed by atoms with E-state index in [4.69, 9.17) is 0 Å². The molecular formula is C9H12NO. The van der Waals surface area contributed by atoms with Crippen LogP contribution < -0.4 is 0 Å². The summed E-state index contributed by atoms with van der Waals surface area (Å²) >= 11 is 0. The lowest BCUT2D eigenvalue weighted by molar-refractivity contribution is 0.166. The third kappa shape index (κ3) is 2.31. The van der Waals surface area contributed by atoms with Crippen molar-refractivity contribution in [1.29, 1.82) is 0 Å². The quantitative estimate of drug-likeness (QED) is 0.711. The zero-order valence-electron chi connectivity index (χ0n) is 6.62. The van der Waals surface area contributed by atoms with Crippen LogP contribution in [0.3, 0.4) is 0 Å². The van der Waals surface area contributed by atoms with Crippen molar-refractivity contribution >= 4 is 0 Å². The molecule has 0 amide bonds. The van der Waals surface area contributed by atoms with Crippen LogP contribution in [-0.4, -0.2) is 10.1 Å². The maximum absolute atomic E-state index is 9.45. The first-order chi connectivity index (χ1) is 5.34. The minimum Gasteiger partial charge on any atom is -0.388 e. The molecule has 1 heterocycles. The highest BCUT2D eigenvalue weighted by Gasteiger charge is 2.04. The summed E-state index contributed by atoms with van der Waals surface area (Å²) in [6.07, 6.45) is 5.77. The van der Waals surface area contributed by atoms with Gasteiger partial charge in [0, 0.05) is 11.8 Å². The standard InChI is InChI=1S/C9H12NO/c1-2-4-9(11)8-5-3-6-10-7-8/h3,5-6,9,11H,2,4H2,1H3. The molecule has 0 bridgehead atoms. The highest BCUT2D eigenvalue weighted by molar-refractivity contribution is 5.09. The van der Waals surface area contributed by atoms with Crippen LogP contribution in [0.25, 0.3) is 0 Å². The normalized spacial score (nSPS) is 12.9. The molecule has 1 unspecified atom stereocenters. The van der Waals surface area contributed by atoms with E-state index in [1.165, 1.54) is 0 Å². The molecule has 0 fully saturated rings. The van der Waals surface area contributed by atoms with Crippen LogP contribution in [0, 0.1) is 6.20 Å². The number of pyridine rings is 1. The predicted octanol–water partition coefficient (Wildman–Crippen LogP) is 1.72. The van der Waals surface area contributed by atoms with Gasteiger partial charge >= 0.3 is 0 Å². The molecule has 59 valence electrons. The maximum Gasteiger partial charge on any atom is 0.0947 e. The molecule has 0 aliphatic heterocycles. The average molecular weight is 150 g/mol. The van der Waals surface area contributed by atoms with E-state index >= 15 is 0 Å². The summed E-state index contributed by atoms with van der Waals surface area (Å²) in [5.41, 5.74) is 0.786. The Hall–Kier alpha value is -0.890. The Bertz CT molecular complexity index is 198. The van der Waals surface area contributed by atoms with Gasteiger partial charge in [0.15, 0.2) is 0 Å². The second-order valence-corrected chi connectivity index (χ2v) is 2.51. The van der Waals surface area contributed by atoms with Gasteiger partial charge in [0.2, 0.25) is 0 Å². The van der Waals surface area contributed by atoms with Gasteiger partial charge in [-0.15, -0.1) is 0 Å². The van der Waals surface area contributed by atoms with Gasteiger partial charge in [-0.1, -0.05) is 19.4 Å². The number of aromatic nitrogens is 1. The van der Waals surface area contributed by atoms with E-state index < -0.39 is 6.10 Å². The zero-order chi connectivity index (χ0) is 8.10. The van der Waals surface area contributed by atoms with Gasteiger partial charge in [0.25, 0.3) is 0 Å². The number of nitrogens with zero attached hydrogens (tertiary/aromatic N) is 1. The van der Waals surface area contributed by atoms with Crippen molar-refractivity contribution in [3.05, 3.63) is 30.1 Å². The highest BCUT2D eigenvalue weighted by Crippen LogP contribution is 2.15. The second-order valence-electron chi connectivity index (χ2n) is 2.51. The fourth-order valence-corrected chi connectivity index (χ4v) is 0.953. The molecule has 1 atom stereocenters. The van der Waals surface area contributed by atoms with Crippen molar-refractivity contribution < 1.29 is 5.11 Å². The smallest absolute Gasteiger partial charge is 0.0947 e. The molecule has 1 radical (unpaired) electrons. The Balaban J connectivity index is 2.61. The number of aliphatic hydroxyl groups is 1. The van der Waals surface area contributed by atoms with Crippen molar-refractivity contribution in [3.63, 3.8) is 0 Å². The van der Waals surface area contributed by atoms with Gasteiger partial charge in [-0.2, -0.15) is 0 Å². The average Bonchev–Trinajstić information content (AvgIpc) is 2.07. The van der Waals surface area contributed by atoms with Crippen LogP contribution in [0.2, 0.25) is 0 Å². The molecule has 1 aromatic rings. The predicted molar refractivity (Wildman–Crippen MR) is 42.9 cm³/mol. The van der Waals surface area contributed by atoms with E-state index in [9.17, 15) is 5.11 Å². The van der Waals surface area contributed by atoms with Crippen LogP contribution >= 0.6 is 0 Å². The molecule has 0 saturated carbocycles. The number of hydrogen-bond donors (Lipinski definition) is 1. The summed E-state index contributed by atoms with van der Waals surface area (Å²) in [5.74, 6) is 0. The third-order valence-electron chi connectivity index (χ3n) is 1.55. The topological polar surface area (TPSA) is 33.1 Å². The molecule has 2 heteroatoms. The summed E-state index contributed by atoms with van der Waals surface area (Å²) in [6.45, 7) is 2.04. The third-order valence-corrected chi connectivity index (χ3v) is 1.55. The van der Waals surface area contributed by atoms with Gasteiger partial charge in [0.05, 0.1) is 12.3 Å². The van der Waals surface area contributed by atoms with E-state index in [1.54, 1.807) is 6.20 Å². The van der Waals surface area contributed by atoms with Crippen molar-refractivity contribution in [2.45, 2.75) is 25.9 Å². The molecule has 0 saturated heterocycles. The molecule has 11 heavy (non-hydrogen) atoms. The molecule has 2 nitrogen and oxygen atoms in total. The van der Waals surface area contributed by atoms with Crippen molar-refractivity contribution in [3.8, 4) is 0 Å². The summed E-state index contributed by atoms with van der Waals surface area (Å²) in [4.78, 5) is 3.80. The largest absolute Gasteiger partial charge is 0.388 e. The van der Waals surface area contributed by atoms with Gasteiger partial charge in [0.1, 0.15) is 0 Å². The van der Waals surface area contributed by atoms with E-state index in [0.29, 0.717) is 0 Å². The molecule has 0 aliphatic carbocycles. The summed E-state index contributed by atoms with van der Waals surface area (Å²) in [7, 11) is 0. The zero-order valence-corrected chi connectivity index (χ0v) is 6.62. The molecular weight excluding hydrogens is 138 g/mol. The Morgan fingerprint density at radius 3 is 3.09 bits per heavy atom. The molecule has 0 aromatic carbocycles. The SMILES string of the molecule is CCCC(O)c1[c]nccc1. The minimum atomic E-state index is -0.395. The lowest BCUT2D eigenvalue weighted by atomic mass is 10.1. The minimum absolute atomic E-state index is 0.395. The van der Waals surface area contributed by atoms with E-state index in [0.717, 1.165) is 18.4 Å². The fourth-order valence-electron chi connectivity index (χ4n) is 0.953. The number of rotatable bonds is 3. The Labute approximate surface area is 66.9 Å². The second kappa shape index (κ2) is 4.09. The van der Waals surface area contributed by atoms with Gasteiger partial charge in [-0.25, -0.2) is 0 Å². The maximum atomic E-state index is 9.45. The summed E-state index contributed by atoms with van der Waals surface area (Å²) < 4.78 is 0. The first-order valence-electron chi connectivity index (χ1n) is 3.85. The molecule has 1 N–H and O–H groups in total. The van der Waals surface area contributed by atoms with Crippen LogP contribution in [-0.2, 0) is 0 Å². The van der Waals surface area contributed by atoms with Crippen molar-refractivity contribution in [2.24, 2.45) is 0 Å². The van der Waals surface area contributed by atoms with E-state index in [2.05, 4.69) is 11.2 Å². The lowest BCUT2D eigenvalue weighted by Gasteiger charge is -2.06. The highest BCUT2D eigenvalue weighted by atomic mass is 16.3. The van der Waals surface area contributed by atoms with Gasteiger partial charge < -0.3 is 5.11 Å². The van der Waals surface area contributed by atoms with Crippen LogP contribution in [0.4, 0.5) is 0 Å². The first kappa shape index (κ1) is 8.21. The summed E-state index contributed by atoms with van der Waals surface area (Å²) in [6, 6.07) is 3.65. The lowest BCUT2D eigenvalue weighted by Crippen LogP contribution is -1.96.